The number of nitrogens with one attached hydrogen (secondary N) is 2. The third kappa shape index (κ3) is 4.50. The average molecular weight is 334 g/mol. The topological polar surface area (TPSA) is 64.7 Å². The molecule has 1 saturated carbocycles. The van der Waals surface area contributed by atoms with Crippen molar-refractivity contribution in [2.24, 2.45) is 5.92 Å². The summed E-state index contributed by atoms with van der Waals surface area (Å²) in [6, 6.07) is 0.962. The molecule has 0 spiro atoms. The summed E-state index contributed by atoms with van der Waals surface area (Å²) in [7, 11) is 0. The Morgan fingerprint density at radius 2 is 1.83 bits per heavy atom. The lowest BCUT2D eigenvalue weighted by atomic mass is 9.93. The molecule has 6 nitrogen and oxygen atoms in total. The Hall–Kier alpha value is -1.56. The van der Waals surface area contributed by atoms with Crippen LogP contribution in [0.4, 0.5) is 4.79 Å². The molecular weight excluding hydrogens is 304 g/mol. The summed E-state index contributed by atoms with van der Waals surface area (Å²) in [4.78, 5) is 28.7. The predicted octanol–water partition coefficient (Wildman–Crippen LogP) is 1.34. The highest BCUT2D eigenvalue weighted by molar-refractivity contribution is 5.79. The van der Waals surface area contributed by atoms with Crippen LogP contribution in [0.1, 0.15) is 38.5 Å². The van der Waals surface area contributed by atoms with E-state index in [0.717, 1.165) is 64.7 Å². The second kappa shape index (κ2) is 8.01. The van der Waals surface area contributed by atoms with Crippen LogP contribution in [0.5, 0.6) is 0 Å². The lowest BCUT2D eigenvalue weighted by Crippen LogP contribution is -2.53. The van der Waals surface area contributed by atoms with E-state index < -0.39 is 0 Å². The van der Waals surface area contributed by atoms with E-state index in [2.05, 4.69) is 22.1 Å². The van der Waals surface area contributed by atoms with Gasteiger partial charge in [0, 0.05) is 38.3 Å². The Bertz CT molecular complexity index is 470. The molecule has 0 bridgehead atoms. The van der Waals surface area contributed by atoms with Crippen LogP contribution in [-0.2, 0) is 4.79 Å². The molecule has 3 amide bonds. The summed E-state index contributed by atoms with van der Waals surface area (Å²) >= 11 is 0. The normalized spacial score (nSPS) is 26.0. The van der Waals surface area contributed by atoms with Crippen LogP contribution in [0.25, 0.3) is 0 Å². The molecule has 0 aromatic heterocycles. The molecule has 3 aliphatic rings. The van der Waals surface area contributed by atoms with Crippen molar-refractivity contribution < 1.29 is 9.59 Å². The summed E-state index contributed by atoms with van der Waals surface area (Å²) in [5.41, 5.74) is 0. The second-order valence-electron chi connectivity index (χ2n) is 7.31. The zero-order chi connectivity index (χ0) is 16.9. The van der Waals surface area contributed by atoms with Crippen molar-refractivity contribution in [1.82, 2.24) is 20.4 Å². The minimum Gasteiger partial charge on any atom is -0.353 e. The first-order valence-electron chi connectivity index (χ1n) is 9.35. The molecule has 3 fully saturated rings. The first kappa shape index (κ1) is 17.3. The standard InChI is InChI=1S/C18H30N4O2/c1-2-9-19-18(24)21-11-7-16(8-12-21)22-10-3-4-14(13-22)17(23)20-15-5-6-15/h2,14-16H,1,3-13H2,(H,19,24)(H,20,23). The molecule has 1 atom stereocenters. The number of rotatable bonds is 5. The SMILES string of the molecule is C=CCNC(=O)N1CCC(N2CCCC(C(=O)NC3CC3)C2)CC1. The number of urea groups is 1. The van der Waals surface area contributed by atoms with Crippen molar-refractivity contribution in [1.29, 1.82) is 0 Å². The molecule has 0 aromatic rings. The lowest BCUT2D eigenvalue weighted by molar-refractivity contribution is -0.127. The molecule has 1 unspecified atom stereocenters. The van der Waals surface area contributed by atoms with Gasteiger partial charge in [-0.1, -0.05) is 6.08 Å². The van der Waals surface area contributed by atoms with Crippen molar-refractivity contribution in [3.8, 4) is 0 Å². The van der Waals surface area contributed by atoms with E-state index in [1.54, 1.807) is 6.08 Å². The Kier molecular flexibility index (Phi) is 5.76. The summed E-state index contributed by atoms with van der Waals surface area (Å²) in [5, 5.41) is 6.00. The van der Waals surface area contributed by atoms with Crippen molar-refractivity contribution in [2.45, 2.75) is 50.6 Å². The number of piperidine rings is 2. The van der Waals surface area contributed by atoms with Crippen LogP contribution in [0.15, 0.2) is 12.7 Å². The molecule has 134 valence electrons. The second-order valence-corrected chi connectivity index (χ2v) is 7.31. The molecule has 0 aromatic carbocycles. The molecule has 6 heteroatoms. The molecule has 24 heavy (non-hydrogen) atoms. The lowest BCUT2D eigenvalue weighted by Gasteiger charge is -2.42. The summed E-state index contributed by atoms with van der Waals surface area (Å²) in [6.07, 6.45) is 8.10. The Balaban J connectivity index is 1.44. The van der Waals surface area contributed by atoms with E-state index in [0.29, 0.717) is 18.6 Å². The van der Waals surface area contributed by atoms with E-state index in [1.165, 1.54) is 0 Å². The van der Waals surface area contributed by atoms with Crippen molar-refractivity contribution in [2.75, 3.05) is 32.7 Å². The van der Waals surface area contributed by atoms with Gasteiger partial charge < -0.3 is 15.5 Å². The van der Waals surface area contributed by atoms with Crippen LogP contribution >= 0.6 is 0 Å². The smallest absolute Gasteiger partial charge is 0.317 e. The highest BCUT2D eigenvalue weighted by Crippen LogP contribution is 2.25. The van der Waals surface area contributed by atoms with E-state index >= 15 is 0 Å². The van der Waals surface area contributed by atoms with Gasteiger partial charge in [-0.05, 0) is 45.1 Å². The fraction of sp³-hybridized carbons (Fsp3) is 0.778. The number of likely N-dealkylation sites (tertiary alicyclic amines) is 2. The Morgan fingerprint density at radius 3 is 2.50 bits per heavy atom. The summed E-state index contributed by atoms with van der Waals surface area (Å²) in [6.45, 7) is 7.69. The van der Waals surface area contributed by atoms with Gasteiger partial charge in [-0.25, -0.2) is 4.79 Å². The van der Waals surface area contributed by atoms with Gasteiger partial charge in [0.25, 0.3) is 0 Å². The molecule has 3 rings (SSSR count). The molecule has 2 aliphatic heterocycles. The number of amides is 3. The molecule has 2 heterocycles. The van der Waals surface area contributed by atoms with Gasteiger partial charge >= 0.3 is 6.03 Å². The maximum Gasteiger partial charge on any atom is 0.317 e. The summed E-state index contributed by atoms with van der Waals surface area (Å²) in [5.74, 6) is 0.400. The predicted molar refractivity (Wildman–Crippen MR) is 93.7 cm³/mol. The average Bonchev–Trinajstić information content (AvgIpc) is 3.44. The zero-order valence-corrected chi connectivity index (χ0v) is 14.5. The van der Waals surface area contributed by atoms with Gasteiger partial charge in [-0.15, -0.1) is 6.58 Å². The molecule has 2 N–H and O–H groups in total. The van der Waals surface area contributed by atoms with Gasteiger partial charge in [0.2, 0.25) is 5.91 Å². The molecule has 0 radical (unpaired) electrons. The minimum absolute atomic E-state index is 0.00804. The fourth-order valence-electron chi connectivity index (χ4n) is 3.80. The van der Waals surface area contributed by atoms with Gasteiger partial charge in [0.05, 0.1) is 5.92 Å². The van der Waals surface area contributed by atoms with Gasteiger partial charge in [-0.3, -0.25) is 9.69 Å². The Labute approximate surface area is 144 Å². The fourth-order valence-corrected chi connectivity index (χ4v) is 3.80. The molecule has 2 saturated heterocycles. The van der Waals surface area contributed by atoms with Gasteiger partial charge in [0.15, 0.2) is 0 Å². The monoisotopic (exact) mass is 334 g/mol. The minimum atomic E-state index is 0.00804. The van der Waals surface area contributed by atoms with Crippen LogP contribution in [-0.4, -0.2) is 66.5 Å². The Morgan fingerprint density at radius 1 is 1.08 bits per heavy atom. The maximum atomic E-state index is 12.3. The van der Waals surface area contributed by atoms with Crippen LogP contribution in [0, 0.1) is 5.92 Å². The zero-order valence-electron chi connectivity index (χ0n) is 14.5. The first-order chi connectivity index (χ1) is 11.7. The molecular formula is C18H30N4O2. The van der Waals surface area contributed by atoms with E-state index in [9.17, 15) is 9.59 Å². The summed E-state index contributed by atoms with van der Waals surface area (Å²) < 4.78 is 0. The van der Waals surface area contributed by atoms with Crippen molar-refractivity contribution in [3.63, 3.8) is 0 Å². The number of carbonyl (C=O) groups excluding carboxylic acids is 2. The maximum absolute atomic E-state index is 12.3. The third-order valence-corrected chi connectivity index (χ3v) is 5.41. The highest BCUT2D eigenvalue weighted by atomic mass is 16.2. The van der Waals surface area contributed by atoms with Crippen LogP contribution in [0.2, 0.25) is 0 Å². The third-order valence-electron chi connectivity index (χ3n) is 5.41. The van der Waals surface area contributed by atoms with E-state index in [1.807, 2.05) is 4.90 Å². The first-order valence-corrected chi connectivity index (χ1v) is 9.35. The number of hydrogen-bond donors (Lipinski definition) is 2. The van der Waals surface area contributed by atoms with Crippen molar-refractivity contribution in [3.05, 3.63) is 12.7 Å². The quantitative estimate of drug-likeness (QED) is 0.746. The number of hydrogen-bond acceptors (Lipinski definition) is 3. The highest BCUT2D eigenvalue weighted by Gasteiger charge is 2.34. The van der Waals surface area contributed by atoms with Crippen LogP contribution in [0.3, 0.4) is 0 Å². The largest absolute Gasteiger partial charge is 0.353 e. The van der Waals surface area contributed by atoms with Gasteiger partial charge in [0.1, 0.15) is 0 Å². The van der Waals surface area contributed by atoms with Crippen molar-refractivity contribution >= 4 is 11.9 Å². The molecule has 1 aliphatic carbocycles. The van der Waals surface area contributed by atoms with E-state index in [-0.39, 0.29) is 17.9 Å². The van der Waals surface area contributed by atoms with Crippen LogP contribution < -0.4 is 10.6 Å². The number of nitrogens with zero attached hydrogens (tertiary/aromatic N) is 2. The van der Waals surface area contributed by atoms with Gasteiger partial charge in [-0.2, -0.15) is 0 Å². The van der Waals surface area contributed by atoms with E-state index in [4.69, 9.17) is 0 Å². The number of carbonyl (C=O) groups is 2.